The number of hydrogen-bond donors (Lipinski definition) is 0. The minimum atomic E-state index is -0.308. The largest absolute Gasteiger partial charge is 0.342 e. The van der Waals surface area contributed by atoms with Crippen LogP contribution in [0.3, 0.4) is 0 Å². The first-order valence-electron chi connectivity index (χ1n) is 11.5. The van der Waals surface area contributed by atoms with Gasteiger partial charge < -0.3 is 9.80 Å². The Morgan fingerprint density at radius 1 is 0.879 bits per heavy atom. The standard InChI is InChI=1S/C28H29FN2O2/c1-21-15-17-30(18-16-21)27(32)19-22-9-13-26(14-10-22)31(20-23-7-11-25(29)12-8-23)28(33)24-5-3-2-4-6-24/h2-14,21H,15-20H2,1H3. The van der Waals surface area contributed by atoms with Gasteiger partial charge in [0, 0.05) is 24.3 Å². The topological polar surface area (TPSA) is 40.6 Å². The summed E-state index contributed by atoms with van der Waals surface area (Å²) in [6, 6.07) is 22.9. The van der Waals surface area contributed by atoms with E-state index in [1.165, 1.54) is 12.1 Å². The molecule has 3 aromatic rings. The first-order valence-corrected chi connectivity index (χ1v) is 11.5. The molecule has 0 bridgehead atoms. The average molecular weight is 445 g/mol. The molecule has 1 saturated heterocycles. The summed E-state index contributed by atoms with van der Waals surface area (Å²) in [5, 5.41) is 0. The molecule has 0 saturated carbocycles. The summed E-state index contributed by atoms with van der Waals surface area (Å²) in [4.78, 5) is 29.6. The number of benzene rings is 3. The lowest BCUT2D eigenvalue weighted by atomic mass is 9.98. The van der Waals surface area contributed by atoms with Crippen molar-refractivity contribution in [1.82, 2.24) is 4.90 Å². The van der Waals surface area contributed by atoms with Crippen LogP contribution in [0, 0.1) is 11.7 Å². The second kappa shape index (κ2) is 10.4. The van der Waals surface area contributed by atoms with Gasteiger partial charge in [0.15, 0.2) is 0 Å². The van der Waals surface area contributed by atoms with Crippen molar-refractivity contribution in [1.29, 1.82) is 0 Å². The van der Waals surface area contributed by atoms with Crippen LogP contribution in [0.2, 0.25) is 0 Å². The second-order valence-corrected chi connectivity index (χ2v) is 8.79. The summed E-state index contributed by atoms with van der Waals surface area (Å²) in [6.45, 7) is 4.21. The molecule has 0 radical (unpaired) electrons. The zero-order valence-corrected chi connectivity index (χ0v) is 18.9. The Balaban J connectivity index is 1.52. The fourth-order valence-electron chi connectivity index (χ4n) is 4.13. The summed E-state index contributed by atoms with van der Waals surface area (Å²) < 4.78 is 13.4. The lowest BCUT2D eigenvalue weighted by molar-refractivity contribution is -0.131. The summed E-state index contributed by atoms with van der Waals surface area (Å²) >= 11 is 0. The van der Waals surface area contributed by atoms with E-state index in [0.29, 0.717) is 24.4 Å². The minimum Gasteiger partial charge on any atom is -0.342 e. The zero-order chi connectivity index (χ0) is 23.2. The number of halogens is 1. The lowest BCUT2D eigenvalue weighted by Gasteiger charge is -2.30. The Labute approximate surface area is 194 Å². The molecular weight excluding hydrogens is 415 g/mol. The highest BCUT2D eigenvalue weighted by Gasteiger charge is 2.21. The molecule has 1 fully saturated rings. The Hall–Kier alpha value is -3.47. The average Bonchev–Trinajstić information content (AvgIpc) is 2.85. The van der Waals surface area contributed by atoms with Crippen LogP contribution in [0.15, 0.2) is 78.9 Å². The molecule has 5 heteroatoms. The van der Waals surface area contributed by atoms with Gasteiger partial charge in [-0.15, -0.1) is 0 Å². The van der Waals surface area contributed by atoms with Gasteiger partial charge in [-0.1, -0.05) is 49.4 Å². The molecule has 0 aliphatic carbocycles. The van der Waals surface area contributed by atoms with Crippen molar-refractivity contribution in [2.75, 3.05) is 18.0 Å². The Morgan fingerprint density at radius 3 is 2.12 bits per heavy atom. The summed E-state index contributed by atoms with van der Waals surface area (Å²) in [5.74, 6) is 0.392. The number of carbonyl (C=O) groups excluding carboxylic acids is 2. The van der Waals surface area contributed by atoms with E-state index in [0.717, 1.165) is 42.7 Å². The third kappa shape index (κ3) is 5.86. The Morgan fingerprint density at radius 2 is 1.48 bits per heavy atom. The SMILES string of the molecule is CC1CCN(C(=O)Cc2ccc(N(Cc3ccc(F)cc3)C(=O)c3ccccc3)cc2)CC1. The molecule has 0 aromatic heterocycles. The molecule has 0 spiro atoms. The fourth-order valence-corrected chi connectivity index (χ4v) is 4.13. The molecule has 3 aromatic carbocycles. The number of anilines is 1. The molecule has 0 unspecified atom stereocenters. The van der Waals surface area contributed by atoms with Gasteiger partial charge in [-0.05, 0) is 66.3 Å². The molecular formula is C28H29FN2O2. The van der Waals surface area contributed by atoms with Crippen molar-refractivity contribution in [3.8, 4) is 0 Å². The van der Waals surface area contributed by atoms with Gasteiger partial charge in [0.1, 0.15) is 5.82 Å². The minimum absolute atomic E-state index is 0.133. The monoisotopic (exact) mass is 444 g/mol. The van der Waals surface area contributed by atoms with Crippen LogP contribution in [-0.2, 0) is 17.8 Å². The van der Waals surface area contributed by atoms with Gasteiger partial charge >= 0.3 is 0 Å². The molecule has 2 amide bonds. The smallest absolute Gasteiger partial charge is 0.258 e. The maximum absolute atomic E-state index is 13.4. The number of nitrogens with zero attached hydrogens (tertiary/aromatic N) is 2. The van der Waals surface area contributed by atoms with Crippen molar-refractivity contribution in [2.45, 2.75) is 32.7 Å². The highest BCUT2D eigenvalue weighted by molar-refractivity contribution is 6.06. The van der Waals surface area contributed by atoms with Crippen LogP contribution in [0.4, 0.5) is 10.1 Å². The van der Waals surface area contributed by atoms with Crippen LogP contribution in [0.25, 0.3) is 0 Å². The van der Waals surface area contributed by atoms with E-state index < -0.39 is 0 Å². The normalized spacial score (nSPS) is 14.2. The van der Waals surface area contributed by atoms with E-state index in [2.05, 4.69) is 6.92 Å². The number of amides is 2. The van der Waals surface area contributed by atoms with Gasteiger partial charge in [0.25, 0.3) is 5.91 Å². The van der Waals surface area contributed by atoms with Crippen LogP contribution in [0.1, 0.15) is 41.3 Å². The van der Waals surface area contributed by atoms with Crippen LogP contribution in [0.5, 0.6) is 0 Å². The summed E-state index contributed by atoms with van der Waals surface area (Å²) in [6.07, 6.45) is 2.48. The molecule has 33 heavy (non-hydrogen) atoms. The molecule has 4 nitrogen and oxygen atoms in total. The number of likely N-dealkylation sites (tertiary alicyclic amines) is 1. The highest BCUT2D eigenvalue weighted by Crippen LogP contribution is 2.23. The third-order valence-corrected chi connectivity index (χ3v) is 6.26. The van der Waals surface area contributed by atoms with Crippen LogP contribution >= 0.6 is 0 Å². The number of carbonyl (C=O) groups is 2. The van der Waals surface area contributed by atoms with Gasteiger partial charge in [0.05, 0.1) is 13.0 Å². The maximum atomic E-state index is 13.4. The van der Waals surface area contributed by atoms with E-state index in [-0.39, 0.29) is 17.6 Å². The van der Waals surface area contributed by atoms with E-state index in [1.54, 1.807) is 29.2 Å². The van der Waals surface area contributed by atoms with E-state index in [1.807, 2.05) is 47.4 Å². The van der Waals surface area contributed by atoms with Crippen LogP contribution in [-0.4, -0.2) is 29.8 Å². The van der Waals surface area contributed by atoms with E-state index >= 15 is 0 Å². The van der Waals surface area contributed by atoms with E-state index in [4.69, 9.17) is 0 Å². The van der Waals surface area contributed by atoms with Crippen molar-refractivity contribution in [3.05, 3.63) is 101 Å². The Bertz CT molecular complexity index is 1070. The van der Waals surface area contributed by atoms with Crippen molar-refractivity contribution in [2.24, 2.45) is 5.92 Å². The fraction of sp³-hybridized carbons (Fsp3) is 0.286. The summed E-state index contributed by atoms with van der Waals surface area (Å²) in [7, 11) is 0. The van der Waals surface area contributed by atoms with Gasteiger partial charge in [0.2, 0.25) is 5.91 Å². The van der Waals surface area contributed by atoms with E-state index in [9.17, 15) is 14.0 Å². The molecule has 1 aliphatic heterocycles. The van der Waals surface area contributed by atoms with Gasteiger partial charge in [-0.25, -0.2) is 4.39 Å². The van der Waals surface area contributed by atoms with Gasteiger partial charge in [-0.2, -0.15) is 0 Å². The maximum Gasteiger partial charge on any atom is 0.258 e. The first kappa shape index (κ1) is 22.7. The van der Waals surface area contributed by atoms with Crippen molar-refractivity contribution < 1.29 is 14.0 Å². The summed E-state index contributed by atoms with van der Waals surface area (Å²) in [5.41, 5.74) is 3.07. The molecule has 4 rings (SSSR count). The molecule has 0 atom stereocenters. The predicted octanol–water partition coefficient (Wildman–Crippen LogP) is 5.47. The van der Waals surface area contributed by atoms with Gasteiger partial charge in [-0.3, -0.25) is 9.59 Å². The van der Waals surface area contributed by atoms with Crippen molar-refractivity contribution in [3.63, 3.8) is 0 Å². The molecule has 1 aliphatic rings. The lowest BCUT2D eigenvalue weighted by Crippen LogP contribution is -2.38. The number of rotatable bonds is 6. The molecule has 1 heterocycles. The first-order chi connectivity index (χ1) is 16.0. The zero-order valence-electron chi connectivity index (χ0n) is 18.9. The predicted molar refractivity (Wildman–Crippen MR) is 128 cm³/mol. The number of piperidine rings is 1. The Kier molecular flexibility index (Phi) is 7.18. The number of hydrogen-bond acceptors (Lipinski definition) is 2. The third-order valence-electron chi connectivity index (χ3n) is 6.26. The van der Waals surface area contributed by atoms with Crippen molar-refractivity contribution >= 4 is 17.5 Å². The van der Waals surface area contributed by atoms with Crippen LogP contribution < -0.4 is 4.90 Å². The molecule has 170 valence electrons. The molecule has 0 N–H and O–H groups in total. The highest BCUT2D eigenvalue weighted by atomic mass is 19.1. The quantitative estimate of drug-likeness (QED) is 0.506. The second-order valence-electron chi connectivity index (χ2n) is 8.79.